The van der Waals surface area contributed by atoms with Gasteiger partial charge in [0.05, 0.1) is 0 Å². The zero-order valence-electron chi connectivity index (χ0n) is 12.2. The molecule has 0 aliphatic carbocycles. The zero-order chi connectivity index (χ0) is 14.8. The van der Waals surface area contributed by atoms with Crippen molar-refractivity contribution in [3.63, 3.8) is 0 Å². The minimum absolute atomic E-state index is 1.22. The number of hydrogen-bond acceptors (Lipinski definition) is 0. The van der Waals surface area contributed by atoms with Gasteiger partial charge >= 0.3 is 0 Å². The van der Waals surface area contributed by atoms with Crippen molar-refractivity contribution in [2.24, 2.45) is 0 Å². The van der Waals surface area contributed by atoms with Gasteiger partial charge in [0.2, 0.25) is 0 Å². The third kappa shape index (κ3) is 2.29. The maximum atomic E-state index is 3.22. The molecule has 0 aliphatic heterocycles. The largest absolute Gasteiger partial charge is 0.0622 e. The Labute approximate surface area is 130 Å². The molecule has 0 aromatic heterocycles. The Balaban J connectivity index is 1.92. The van der Waals surface area contributed by atoms with Crippen molar-refractivity contribution in [3.8, 4) is 22.3 Å². The monoisotopic (exact) mass is 279 g/mol. The smallest absolute Gasteiger partial charge is 0.00990 e. The molecule has 0 aliphatic rings. The summed E-state index contributed by atoms with van der Waals surface area (Å²) in [4.78, 5) is 0. The van der Waals surface area contributed by atoms with E-state index in [9.17, 15) is 0 Å². The van der Waals surface area contributed by atoms with Gasteiger partial charge in [0.25, 0.3) is 0 Å². The summed E-state index contributed by atoms with van der Waals surface area (Å²) in [5.41, 5.74) is 4.93. The van der Waals surface area contributed by atoms with Crippen LogP contribution in [0.5, 0.6) is 0 Å². The Morgan fingerprint density at radius 1 is 0.545 bits per heavy atom. The summed E-state index contributed by atoms with van der Waals surface area (Å²) >= 11 is 0. The summed E-state index contributed by atoms with van der Waals surface area (Å²) < 4.78 is 0. The van der Waals surface area contributed by atoms with Gasteiger partial charge in [0.1, 0.15) is 0 Å². The van der Waals surface area contributed by atoms with Crippen LogP contribution in [-0.2, 0) is 0 Å². The van der Waals surface area contributed by atoms with Gasteiger partial charge in [-0.25, -0.2) is 0 Å². The second kappa shape index (κ2) is 5.50. The second-order valence-electron chi connectivity index (χ2n) is 5.40. The van der Waals surface area contributed by atoms with Crippen molar-refractivity contribution in [2.45, 2.75) is 0 Å². The van der Waals surface area contributed by atoms with Crippen molar-refractivity contribution < 1.29 is 0 Å². The summed E-state index contributed by atoms with van der Waals surface area (Å²) in [6.07, 6.45) is 0. The number of benzene rings is 4. The van der Waals surface area contributed by atoms with Crippen LogP contribution in [0.4, 0.5) is 0 Å². The highest BCUT2D eigenvalue weighted by Crippen LogP contribution is 2.33. The average Bonchev–Trinajstić information content (AvgIpc) is 2.62. The Morgan fingerprint density at radius 2 is 1.32 bits per heavy atom. The molecule has 0 spiro atoms. The van der Waals surface area contributed by atoms with E-state index in [4.69, 9.17) is 0 Å². The highest BCUT2D eigenvalue weighted by atomic mass is 14.1. The lowest BCUT2D eigenvalue weighted by Crippen LogP contribution is -1.85. The third-order valence-electron chi connectivity index (χ3n) is 4.01. The molecule has 0 heterocycles. The van der Waals surface area contributed by atoms with E-state index in [0.717, 1.165) is 0 Å². The van der Waals surface area contributed by atoms with Crippen molar-refractivity contribution in [1.29, 1.82) is 0 Å². The molecule has 0 saturated heterocycles. The van der Waals surface area contributed by atoms with Crippen molar-refractivity contribution in [2.75, 3.05) is 0 Å². The molecule has 0 N–H and O–H groups in total. The van der Waals surface area contributed by atoms with Crippen LogP contribution >= 0.6 is 0 Å². The van der Waals surface area contributed by atoms with Gasteiger partial charge in [-0.3, -0.25) is 0 Å². The summed E-state index contributed by atoms with van der Waals surface area (Å²) in [5, 5.41) is 2.54. The molecule has 0 atom stereocenters. The topological polar surface area (TPSA) is 0 Å². The first-order chi connectivity index (χ1) is 10.9. The lowest BCUT2D eigenvalue weighted by molar-refractivity contribution is 1.59. The molecular formula is C22H15. The van der Waals surface area contributed by atoms with Crippen LogP contribution in [0, 0.1) is 6.07 Å². The highest BCUT2D eigenvalue weighted by molar-refractivity contribution is 5.91. The first kappa shape index (κ1) is 12.8. The number of fused-ring (bicyclic) bond motifs is 1. The van der Waals surface area contributed by atoms with E-state index in [2.05, 4.69) is 84.9 Å². The predicted octanol–water partition coefficient (Wildman–Crippen LogP) is 5.97. The van der Waals surface area contributed by atoms with Crippen LogP contribution in [-0.4, -0.2) is 0 Å². The van der Waals surface area contributed by atoms with Crippen LogP contribution in [0.15, 0.2) is 91.0 Å². The van der Waals surface area contributed by atoms with E-state index in [-0.39, 0.29) is 0 Å². The molecular weight excluding hydrogens is 264 g/mol. The van der Waals surface area contributed by atoms with Crippen molar-refractivity contribution >= 4 is 10.8 Å². The molecule has 103 valence electrons. The van der Waals surface area contributed by atoms with E-state index < -0.39 is 0 Å². The van der Waals surface area contributed by atoms with Crippen molar-refractivity contribution in [3.05, 3.63) is 97.1 Å². The van der Waals surface area contributed by atoms with Crippen LogP contribution in [0.2, 0.25) is 0 Å². The Morgan fingerprint density at radius 3 is 2.18 bits per heavy atom. The standard InChI is InChI=1S/C22H15/c1-2-9-18(10-3-1)21-12-6-7-13-22(21)20-15-14-17-8-4-5-11-19(17)16-20/h1-6,8-16H. The van der Waals surface area contributed by atoms with Gasteiger partial charge in [-0.15, -0.1) is 0 Å². The van der Waals surface area contributed by atoms with E-state index in [1.165, 1.54) is 33.0 Å². The summed E-state index contributed by atoms with van der Waals surface area (Å²) in [5.74, 6) is 0. The maximum absolute atomic E-state index is 3.22. The van der Waals surface area contributed by atoms with Gasteiger partial charge in [0, 0.05) is 0 Å². The molecule has 0 unspecified atom stereocenters. The van der Waals surface area contributed by atoms with Crippen LogP contribution in [0.3, 0.4) is 0 Å². The fraction of sp³-hybridized carbons (Fsp3) is 0. The quantitative estimate of drug-likeness (QED) is 0.424. The fourth-order valence-corrected chi connectivity index (χ4v) is 2.90. The molecule has 0 nitrogen and oxygen atoms in total. The second-order valence-corrected chi connectivity index (χ2v) is 5.40. The predicted molar refractivity (Wildman–Crippen MR) is 93.7 cm³/mol. The molecule has 0 bridgehead atoms. The Kier molecular flexibility index (Phi) is 3.21. The van der Waals surface area contributed by atoms with E-state index in [1.54, 1.807) is 0 Å². The Bertz CT molecular complexity index is 920. The molecule has 1 radical (unpaired) electrons. The van der Waals surface area contributed by atoms with E-state index >= 15 is 0 Å². The van der Waals surface area contributed by atoms with Gasteiger partial charge in [0.15, 0.2) is 0 Å². The first-order valence-electron chi connectivity index (χ1n) is 7.46. The maximum Gasteiger partial charge on any atom is -0.00990 e. The van der Waals surface area contributed by atoms with Crippen LogP contribution < -0.4 is 0 Å². The molecule has 22 heavy (non-hydrogen) atoms. The summed E-state index contributed by atoms with van der Waals surface area (Å²) in [6, 6.07) is 35.0. The molecule has 0 saturated carbocycles. The third-order valence-corrected chi connectivity index (χ3v) is 4.01. The van der Waals surface area contributed by atoms with Gasteiger partial charge in [-0.2, -0.15) is 0 Å². The van der Waals surface area contributed by atoms with Crippen molar-refractivity contribution in [1.82, 2.24) is 0 Å². The summed E-state index contributed by atoms with van der Waals surface area (Å²) in [7, 11) is 0. The highest BCUT2D eigenvalue weighted by Gasteiger charge is 2.07. The normalized spacial score (nSPS) is 10.7. The SMILES string of the molecule is [c]1ccc(-c2ccccc2)c(-c2ccc3ccccc3c2)c1. The number of rotatable bonds is 2. The molecule has 4 rings (SSSR count). The first-order valence-corrected chi connectivity index (χ1v) is 7.46. The molecule has 0 heteroatoms. The van der Waals surface area contributed by atoms with Crippen LogP contribution in [0.1, 0.15) is 0 Å². The lowest BCUT2D eigenvalue weighted by atomic mass is 9.93. The minimum Gasteiger partial charge on any atom is -0.0622 e. The van der Waals surface area contributed by atoms with Gasteiger partial charge < -0.3 is 0 Å². The van der Waals surface area contributed by atoms with Crippen LogP contribution in [0.25, 0.3) is 33.0 Å². The molecule has 0 fully saturated rings. The van der Waals surface area contributed by atoms with E-state index in [1.807, 2.05) is 12.1 Å². The molecule has 4 aromatic carbocycles. The van der Waals surface area contributed by atoms with Gasteiger partial charge in [-0.1, -0.05) is 78.9 Å². The summed E-state index contributed by atoms with van der Waals surface area (Å²) in [6.45, 7) is 0. The molecule has 0 amide bonds. The Hall–Kier alpha value is -2.86. The molecule has 4 aromatic rings. The number of hydrogen-bond donors (Lipinski definition) is 0. The van der Waals surface area contributed by atoms with Gasteiger partial charge in [-0.05, 0) is 51.2 Å². The zero-order valence-corrected chi connectivity index (χ0v) is 12.2. The lowest BCUT2D eigenvalue weighted by Gasteiger charge is -2.11. The minimum atomic E-state index is 1.22. The average molecular weight is 279 g/mol. The van der Waals surface area contributed by atoms with E-state index in [0.29, 0.717) is 0 Å². The fourth-order valence-electron chi connectivity index (χ4n) is 2.90.